The molecule has 6 heteroatoms. The van der Waals surface area contributed by atoms with Gasteiger partial charge in [-0.1, -0.05) is 29.3 Å². The number of amides is 1. The number of piperidine rings is 1. The van der Waals surface area contributed by atoms with Gasteiger partial charge in [0, 0.05) is 43.1 Å². The Morgan fingerprint density at radius 2 is 2.09 bits per heavy atom. The van der Waals surface area contributed by atoms with Gasteiger partial charge in [0.25, 0.3) is 0 Å². The molecule has 1 heterocycles. The SMILES string of the molecule is CC(=O)NCCN(Cc1ccc(Cl)cc1Cl)CC1CCNCC1. The molecular formula is C17H25Cl2N3O. The summed E-state index contributed by atoms with van der Waals surface area (Å²) in [6.45, 7) is 7.01. The summed E-state index contributed by atoms with van der Waals surface area (Å²) in [5, 5.41) is 7.63. The molecule has 1 amide bonds. The van der Waals surface area contributed by atoms with Crippen LogP contribution in [0.5, 0.6) is 0 Å². The molecule has 0 unspecified atom stereocenters. The Bertz CT molecular complexity index is 519. The lowest BCUT2D eigenvalue weighted by atomic mass is 9.97. The molecule has 0 spiro atoms. The van der Waals surface area contributed by atoms with Crippen LogP contribution < -0.4 is 10.6 Å². The van der Waals surface area contributed by atoms with Crippen LogP contribution >= 0.6 is 23.2 Å². The molecule has 0 aliphatic carbocycles. The van der Waals surface area contributed by atoms with Crippen LogP contribution in [0.1, 0.15) is 25.3 Å². The van der Waals surface area contributed by atoms with E-state index in [0.29, 0.717) is 22.5 Å². The van der Waals surface area contributed by atoms with E-state index in [1.165, 1.54) is 12.8 Å². The maximum atomic E-state index is 11.1. The van der Waals surface area contributed by atoms with E-state index in [9.17, 15) is 4.79 Å². The first-order chi connectivity index (χ1) is 11.0. The second kappa shape index (κ2) is 9.48. The second-order valence-corrected chi connectivity index (χ2v) is 6.99. The van der Waals surface area contributed by atoms with Crippen LogP contribution in [0.4, 0.5) is 0 Å². The number of hydrogen-bond donors (Lipinski definition) is 2. The molecule has 128 valence electrons. The molecule has 1 aromatic carbocycles. The third kappa shape index (κ3) is 6.68. The number of nitrogens with one attached hydrogen (secondary N) is 2. The zero-order chi connectivity index (χ0) is 16.7. The molecule has 1 aliphatic heterocycles. The molecule has 0 bridgehead atoms. The summed E-state index contributed by atoms with van der Waals surface area (Å²) in [5.41, 5.74) is 1.08. The number of benzene rings is 1. The van der Waals surface area contributed by atoms with Crippen molar-refractivity contribution in [1.82, 2.24) is 15.5 Å². The summed E-state index contributed by atoms with van der Waals surface area (Å²) in [7, 11) is 0. The van der Waals surface area contributed by atoms with Crippen molar-refractivity contribution in [3.05, 3.63) is 33.8 Å². The largest absolute Gasteiger partial charge is 0.355 e. The second-order valence-electron chi connectivity index (χ2n) is 6.15. The van der Waals surface area contributed by atoms with Crippen LogP contribution in [0.2, 0.25) is 10.0 Å². The first-order valence-electron chi connectivity index (χ1n) is 8.16. The number of carbonyl (C=O) groups excluding carboxylic acids is 1. The highest BCUT2D eigenvalue weighted by Crippen LogP contribution is 2.23. The van der Waals surface area contributed by atoms with Gasteiger partial charge in [-0.2, -0.15) is 0 Å². The highest BCUT2D eigenvalue weighted by atomic mass is 35.5. The van der Waals surface area contributed by atoms with Gasteiger partial charge in [-0.15, -0.1) is 0 Å². The third-order valence-corrected chi connectivity index (χ3v) is 4.77. The van der Waals surface area contributed by atoms with Gasteiger partial charge in [-0.05, 0) is 49.5 Å². The molecule has 0 radical (unpaired) electrons. The fourth-order valence-corrected chi connectivity index (χ4v) is 3.41. The zero-order valence-corrected chi connectivity index (χ0v) is 15.1. The Labute approximate surface area is 148 Å². The van der Waals surface area contributed by atoms with Crippen LogP contribution in [-0.4, -0.2) is 43.5 Å². The molecule has 0 atom stereocenters. The average Bonchev–Trinajstić information content (AvgIpc) is 2.50. The fourth-order valence-electron chi connectivity index (χ4n) is 2.95. The summed E-state index contributed by atoms with van der Waals surface area (Å²) in [6, 6.07) is 5.65. The van der Waals surface area contributed by atoms with Crippen molar-refractivity contribution in [2.24, 2.45) is 5.92 Å². The molecule has 1 aromatic rings. The van der Waals surface area contributed by atoms with Gasteiger partial charge in [0.2, 0.25) is 5.91 Å². The normalized spacial score (nSPS) is 15.8. The lowest BCUT2D eigenvalue weighted by molar-refractivity contribution is -0.119. The van der Waals surface area contributed by atoms with Gasteiger partial charge >= 0.3 is 0 Å². The van der Waals surface area contributed by atoms with Crippen molar-refractivity contribution in [2.45, 2.75) is 26.3 Å². The van der Waals surface area contributed by atoms with Crippen LogP contribution in [-0.2, 0) is 11.3 Å². The van der Waals surface area contributed by atoms with Crippen LogP contribution in [0.3, 0.4) is 0 Å². The van der Waals surface area contributed by atoms with Gasteiger partial charge in [-0.3, -0.25) is 9.69 Å². The minimum Gasteiger partial charge on any atom is -0.355 e. The van der Waals surface area contributed by atoms with E-state index in [2.05, 4.69) is 15.5 Å². The molecule has 23 heavy (non-hydrogen) atoms. The predicted molar refractivity (Wildman–Crippen MR) is 96.0 cm³/mol. The highest BCUT2D eigenvalue weighted by molar-refractivity contribution is 6.35. The number of halogens is 2. The van der Waals surface area contributed by atoms with E-state index in [-0.39, 0.29) is 5.91 Å². The van der Waals surface area contributed by atoms with Gasteiger partial charge in [-0.25, -0.2) is 0 Å². The molecular weight excluding hydrogens is 333 g/mol. The standard InChI is InChI=1S/C17H25Cl2N3O/c1-13(23)21-8-9-22(11-14-4-6-20-7-5-14)12-15-2-3-16(18)10-17(15)19/h2-3,10,14,20H,4-9,11-12H2,1H3,(H,21,23). The minimum atomic E-state index is 0.0105. The molecule has 0 saturated carbocycles. The van der Waals surface area contributed by atoms with Gasteiger partial charge in [0.05, 0.1) is 0 Å². The molecule has 0 aromatic heterocycles. The Morgan fingerprint density at radius 1 is 1.35 bits per heavy atom. The highest BCUT2D eigenvalue weighted by Gasteiger charge is 2.18. The Balaban J connectivity index is 1.97. The van der Waals surface area contributed by atoms with E-state index < -0.39 is 0 Å². The van der Waals surface area contributed by atoms with Crippen molar-refractivity contribution >= 4 is 29.1 Å². The number of nitrogens with zero attached hydrogens (tertiary/aromatic N) is 1. The van der Waals surface area contributed by atoms with Gasteiger partial charge in [0.15, 0.2) is 0 Å². The van der Waals surface area contributed by atoms with Crippen LogP contribution in [0, 0.1) is 5.92 Å². The van der Waals surface area contributed by atoms with E-state index in [1.807, 2.05) is 12.1 Å². The third-order valence-electron chi connectivity index (χ3n) is 4.19. The van der Waals surface area contributed by atoms with E-state index in [4.69, 9.17) is 23.2 Å². The maximum Gasteiger partial charge on any atom is 0.216 e. The Kier molecular flexibility index (Phi) is 7.63. The maximum absolute atomic E-state index is 11.1. The number of rotatable bonds is 7. The fraction of sp³-hybridized carbons (Fsp3) is 0.588. The van der Waals surface area contributed by atoms with E-state index in [1.54, 1.807) is 13.0 Å². The Hall–Kier alpha value is -0.810. The average molecular weight is 358 g/mol. The lowest BCUT2D eigenvalue weighted by Gasteiger charge is -2.30. The molecule has 1 aliphatic rings. The summed E-state index contributed by atoms with van der Waals surface area (Å²) in [6.07, 6.45) is 2.40. The quantitative estimate of drug-likeness (QED) is 0.788. The topological polar surface area (TPSA) is 44.4 Å². The van der Waals surface area contributed by atoms with Crippen LogP contribution in [0.15, 0.2) is 18.2 Å². The van der Waals surface area contributed by atoms with E-state index in [0.717, 1.165) is 38.3 Å². The molecule has 4 nitrogen and oxygen atoms in total. The number of carbonyl (C=O) groups is 1. The van der Waals surface area contributed by atoms with Crippen molar-refractivity contribution in [3.8, 4) is 0 Å². The monoisotopic (exact) mass is 357 g/mol. The number of hydrogen-bond acceptors (Lipinski definition) is 3. The van der Waals surface area contributed by atoms with Gasteiger partial charge in [0.1, 0.15) is 0 Å². The van der Waals surface area contributed by atoms with Crippen molar-refractivity contribution in [1.29, 1.82) is 0 Å². The van der Waals surface area contributed by atoms with Gasteiger partial charge < -0.3 is 10.6 Å². The zero-order valence-electron chi connectivity index (χ0n) is 13.6. The van der Waals surface area contributed by atoms with E-state index >= 15 is 0 Å². The Morgan fingerprint density at radius 3 is 2.74 bits per heavy atom. The molecule has 2 N–H and O–H groups in total. The first-order valence-corrected chi connectivity index (χ1v) is 8.91. The summed E-state index contributed by atoms with van der Waals surface area (Å²) >= 11 is 12.3. The first kappa shape index (κ1) is 18.5. The lowest BCUT2D eigenvalue weighted by Crippen LogP contribution is -2.39. The molecule has 2 rings (SSSR count). The van der Waals surface area contributed by atoms with Crippen molar-refractivity contribution in [3.63, 3.8) is 0 Å². The summed E-state index contributed by atoms with van der Waals surface area (Å²) in [5.74, 6) is 0.705. The predicted octanol–water partition coefficient (Wildman–Crippen LogP) is 2.93. The smallest absolute Gasteiger partial charge is 0.216 e. The van der Waals surface area contributed by atoms with Crippen LogP contribution in [0.25, 0.3) is 0 Å². The van der Waals surface area contributed by atoms with Crippen molar-refractivity contribution < 1.29 is 4.79 Å². The van der Waals surface area contributed by atoms with Crippen molar-refractivity contribution in [2.75, 3.05) is 32.7 Å². The summed E-state index contributed by atoms with van der Waals surface area (Å²) < 4.78 is 0. The molecule has 1 fully saturated rings. The molecule has 1 saturated heterocycles. The summed E-state index contributed by atoms with van der Waals surface area (Å²) in [4.78, 5) is 13.5. The minimum absolute atomic E-state index is 0.0105.